The zero-order valence-corrected chi connectivity index (χ0v) is 11.9. The molecule has 1 aromatic rings. The third-order valence-electron chi connectivity index (χ3n) is 3.88. The van der Waals surface area contributed by atoms with Crippen LogP contribution in [0.4, 0.5) is 20.2 Å². The Labute approximate surface area is 122 Å². The Balaban J connectivity index is 2.04. The van der Waals surface area contributed by atoms with Gasteiger partial charge in [0.2, 0.25) is 0 Å². The van der Waals surface area contributed by atoms with Crippen LogP contribution < -0.4 is 5.32 Å². The van der Waals surface area contributed by atoms with E-state index in [1.54, 1.807) is 0 Å². The summed E-state index contributed by atoms with van der Waals surface area (Å²) in [6.45, 7) is 5.69. The minimum absolute atomic E-state index is 0.283. The van der Waals surface area contributed by atoms with Crippen molar-refractivity contribution in [1.82, 2.24) is 4.90 Å². The summed E-state index contributed by atoms with van der Waals surface area (Å²) in [5.74, 6) is 0.422. The molecule has 1 N–H and O–H groups in total. The molecule has 1 unspecified atom stereocenters. The summed E-state index contributed by atoms with van der Waals surface area (Å²) in [7, 11) is 0. The second kappa shape index (κ2) is 6.80. The topological polar surface area (TPSA) is 58.4 Å². The van der Waals surface area contributed by atoms with Crippen molar-refractivity contribution in [1.29, 1.82) is 0 Å². The van der Waals surface area contributed by atoms with E-state index in [1.165, 1.54) is 12.1 Å². The van der Waals surface area contributed by atoms with Crippen LogP contribution in [0.1, 0.15) is 25.3 Å². The number of hydrogen-bond acceptors (Lipinski definition) is 4. The molecule has 0 aliphatic carbocycles. The van der Waals surface area contributed by atoms with E-state index in [9.17, 15) is 18.9 Å². The molecule has 0 saturated carbocycles. The molecule has 0 aromatic heterocycles. The summed E-state index contributed by atoms with van der Waals surface area (Å²) in [5.41, 5.74) is -0.339. The van der Waals surface area contributed by atoms with Gasteiger partial charge in [0.1, 0.15) is 0 Å². The molecule has 1 aromatic carbocycles. The number of nitrogens with one attached hydrogen (secondary N) is 1. The van der Waals surface area contributed by atoms with Crippen molar-refractivity contribution < 1.29 is 13.7 Å². The Morgan fingerprint density at radius 2 is 2.29 bits per heavy atom. The zero-order chi connectivity index (χ0) is 15.4. The molecule has 116 valence electrons. The molecular formula is C14H19F2N3O2. The molecule has 0 amide bonds. The van der Waals surface area contributed by atoms with Gasteiger partial charge in [-0.05, 0) is 31.5 Å². The smallest absolute Gasteiger partial charge is 0.270 e. The number of nitro benzene ring substituents is 1. The molecule has 2 rings (SSSR count). The highest BCUT2D eigenvalue weighted by atomic mass is 19.3. The van der Waals surface area contributed by atoms with Crippen LogP contribution in [-0.4, -0.2) is 36.0 Å². The van der Waals surface area contributed by atoms with Gasteiger partial charge in [-0.3, -0.25) is 10.1 Å². The second-order valence-electron chi connectivity index (χ2n) is 5.26. The lowest BCUT2D eigenvalue weighted by molar-refractivity contribution is -0.385. The first kappa shape index (κ1) is 15.6. The van der Waals surface area contributed by atoms with Crippen molar-refractivity contribution in [3.8, 4) is 0 Å². The Morgan fingerprint density at radius 3 is 2.86 bits per heavy atom. The second-order valence-corrected chi connectivity index (χ2v) is 5.26. The lowest BCUT2D eigenvalue weighted by atomic mass is 10.1. The van der Waals surface area contributed by atoms with Gasteiger partial charge >= 0.3 is 0 Å². The van der Waals surface area contributed by atoms with E-state index in [1.807, 2.05) is 0 Å². The first-order chi connectivity index (χ1) is 10.0. The Bertz CT molecular complexity index is 511. The molecule has 0 spiro atoms. The molecule has 5 nitrogen and oxygen atoms in total. The van der Waals surface area contributed by atoms with Crippen molar-refractivity contribution in [3.63, 3.8) is 0 Å². The normalized spacial score (nSPS) is 19.1. The van der Waals surface area contributed by atoms with E-state index >= 15 is 0 Å². The van der Waals surface area contributed by atoms with E-state index < -0.39 is 11.3 Å². The van der Waals surface area contributed by atoms with E-state index in [-0.39, 0.29) is 16.9 Å². The summed E-state index contributed by atoms with van der Waals surface area (Å²) in [4.78, 5) is 12.3. The van der Waals surface area contributed by atoms with E-state index in [0.717, 1.165) is 32.1 Å². The predicted octanol–water partition coefficient (Wildman–Crippen LogP) is 3.29. The Hall–Kier alpha value is -1.76. The van der Waals surface area contributed by atoms with Crippen LogP contribution in [-0.2, 0) is 0 Å². The number of hydrogen-bond donors (Lipinski definition) is 1. The number of halogens is 2. The number of nitrogens with zero attached hydrogens (tertiary/aromatic N) is 2. The number of likely N-dealkylation sites (tertiary alicyclic amines) is 1. The number of non-ortho nitro benzene ring substituents is 1. The van der Waals surface area contributed by atoms with Crippen molar-refractivity contribution in [2.24, 2.45) is 5.92 Å². The zero-order valence-electron chi connectivity index (χ0n) is 11.9. The van der Waals surface area contributed by atoms with Gasteiger partial charge in [0.05, 0.1) is 4.92 Å². The first-order valence-electron chi connectivity index (χ1n) is 7.04. The molecular weight excluding hydrogens is 280 g/mol. The number of anilines is 1. The van der Waals surface area contributed by atoms with E-state index in [4.69, 9.17) is 0 Å². The van der Waals surface area contributed by atoms with E-state index in [0.29, 0.717) is 12.5 Å². The lowest BCUT2D eigenvalue weighted by Gasteiger charge is -2.16. The Kier molecular flexibility index (Phi) is 5.06. The summed E-state index contributed by atoms with van der Waals surface area (Å²) in [6.07, 6.45) is -1.69. The molecule has 0 radical (unpaired) electrons. The average Bonchev–Trinajstić information content (AvgIpc) is 2.92. The van der Waals surface area contributed by atoms with Crippen LogP contribution in [0.2, 0.25) is 0 Å². The van der Waals surface area contributed by atoms with Gasteiger partial charge in [-0.15, -0.1) is 0 Å². The molecule has 1 atom stereocenters. The highest BCUT2D eigenvalue weighted by Crippen LogP contribution is 2.31. The van der Waals surface area contributed by atoms with Crippen LogP contribution in [0, 0.1) is 16.0 Å². The fraction of sp³-hybridized carbons (Fsp3) is 0.571. The maximum Gasteiger partial charge on any atom is 0.270 e. The van der Waals surface area contributed by atoms with Crippen molar-refractivity contribution >= 4 is 11.4 Å². The summed E-state index contributed by atoms with van der Waals surface area (Å²) >= 11 is 0. The van der Waals surface area contributed by atoms with Crippen molar-refractivity contribution in [3.05, 3.63) is 33.9 Å². The largest absolute Gasteiger partial charge is 0.384 e. The third kappa shape index (κ3) is 3.87. The molecule has 1 aliphatic heterocycles. The van der Waals surface area contributed by atoms with Crippen LogP contribution >= 0.6 is 0 Å². The van der Waals surface area contributed by atoms with Gasteiger partial charge in [0.25, 0.3) is 12.1 Å². The summed E-state index contributed by atoms with van der Waals surface area (Å²) in [5, 5.41) is 13.7. The average molecular weight is 299 g/mol. The number of rotatable bonds is 6. The Morgan fingerprint density at radius 1 is 1.52 bits per heavy atom. The summed E-state index contributed by atoms with van der Waals surface area (Å²) in [6, 6.07) is 3.56. The van der Waals surface area contributed by atoms with Gasteiger partial charge in [0.15, 0.2) is 0 Å². The van der Waals surface area contributed by atoms with Gasteiger partial charge in [-0.25, -0.2) is 8.78 Å². The maximum absolute atomic E-state index is 13.0. The standard InChI is InChI=1S/C14H19F2N3O2/c1-2-18-6-5-10(9-18)8-17-13-4-3-11(19(20)21)7-12(13)14(15)16/h3-4,7,10,14,17H,2,5-6,8-9H2,1H3. The molecule has 7 heteroatoms. The minimum Gasteiger partial charge on any atom is -0.384 e. The molecule has 0 bridgehead atoms. The predicted molar refractivity (Wildman–Crippen MR) is 76.8 cm³/mol. The summed E-state index contributed by atoms with van der Waals surface area (Å²) < 4.78 is 26.0. The quantitative estimate of drug-likeness (QED) is 0.647. The van der Waals surface area contributed by atoms with Crippen LogP contribution in [0.3, 0.4) is 0 Å². The number of alkyl halides is 2. The lowest BCUT2D eigenvalue weighted by Crippen LogP contribution is -2.22. The van der Waals surface area contributed by atoms with Crippen LogP contribution in [0.15, 0.2) is 18.2 Å². The van der Waals surface area contributed by atoms with Gasteiger partial charge in [0, 0.05) is 36.5 Å². The molecule has 1 heterocycles. The highest BCUT2D eigenvalue weighted by Gasteiger charge is 2.22. The fourth-order valence-corrected chi connectivity index (χ4v) is 2.63. The third-order valence-corrected chi connectivity index (χ3v) is 3.88. The van der Waals surface area contributed by atoms with Crippen LogP contribution in [0.25, 0.3) is 0 Å². The number of benzene rings is 1. The van der Waals surface area contributed by atoms with Crippen molar-refractivity contribution in [2.45, 2.75) is 19.8 Å². The van der Waals surface area contributed by atoms with Crippen molar-refractivity contribution in [2.75, 3.05) is 31.5 Å². The minimum atomic E-state index is -2.73. The molecule has 21 heavy (non-hydrogen) atoms. The number of nitro groups is 1. The molecule has 1 saturated heterocycles. The van der Waals surface area contributed by atoms with E-state index in [2.05, 4.69) is 17.1 Å². The first-order valence-corrected chi connectivity index (χ1v) is 7.04. The molecule has 1 aliphatic rings. The maximum atomic E-state index is 13.0. The van der Waals surface area contributed by atoms with Gasteiger partial charge in [-0.2, -0.15) is 0 Å². The van der Waals surface area contributed by atoms with Gasteiger partial charge in [-0.1, -0.05) is 6.92 Å². The van der Waals surface area contributed by atoms with Gasteiger partial charge < -0.3 is 10.2 Å². The highest BCUT2D eigenvalue weighted by molar-refractivity contribution is 5.56. The monoisotopic (exact) mass is 299 g/mol. The van der Waals surface area contributed by atoms with Crippen LogP contribution in [0.5, 0.6) is 0 Å². The fourth-order valence-electron chi connectivity index (χ4n) is 2.63. The SMILES string of the molecule is CCN1CCC(CNc2ccc([N+](=O)[O-])cc2C(F)F)C1. The molecule has 1 fully saturated rings.